The zero-order valence-electron chi connectivity index (χ0n) is 18.5. The maximum atomic E-state index is 12.5. The van der Waals surface area contributed by atoms with E-state index < -0.39 is 17.7 Å². The highest BCUT2D eigenvalue weighted by molar-refractivity contribution is 5.72. The lowest BCUT2D eigenvalue weighted by Crippen LogP contribution is -2.09. The summed E-state index contributed by atoms with van der Waals surface area (Å²) >= 11 is 0. The molecular weight excluding hydrogens is 409 g/mol. The van der Waals surface area contributed by atoms with Crippen molar-refractivity contribution in [3.05, 3.63) is 35.4 Å². The van der Waals surface area contributed by atoms with Crippen molar-refractivity contribution in [2.24, 2.45) is 0 Å². The van der Waals surface area contributed by atoms with Crippen molar-refractivity contribution in [1.29, 1.82) is 0 Å². The van der Waals surface area contributed by atoms with Gasteiger partial charge < -0.3 is 9.47 Å². The Labute approximate surface area is 183 Å². The van der Waals surface area contributed by atoms with Gasteiger partial charge in [0.05, 0.1) is 12.2 Å². The number of hydrogen-bond acceptors (Lipinski definition) is 4. The number of esters is 2. The number of ether oxygens (including phenoxy) is 2. The summed E-state index contributed by atoms with van der Waals surface area (Å²) in [7, 11) is 0. The third kappa shape index (κ3) is 13.8. The van der Waals surface area contributed by atoms with Crippen molar-refractivity contribution >= 4 is 11.9 Å². The number of alkyl halides is 3. The van der Waals surface area contributed by atoms with Crippen molar-refractivity contribution in [3.63, 3.8) is 0 Å². The van der Waals surface area contributed by atoms with Gasteiger partial charge in [-0.2, -0.15) is 13.2 Å². The summed E-state index contributed by atoms with van der Waals surface area (Å²) in [6.45, 7) is 2.52. The second-order valence-electron chi connectivity index (χ2n) is 7.76. The second-order valence-corrected chi connectivity index (χ2v) is 7.76. The smallest absolute Gasteiger partial charge is 0.416 e. The van der Waals surface area contributed by atoms with Crippen LogP contribution in [0.15, 0.2) is 24.3 Å². The molecule has 0 aliphatic rings. The molecule has 0 aromatic heterocycles. The molecule has 7 heteroatoms. The first-order chi connectivity index (χ1) is 14.8. The first-order valence-electron chi connectivity index (χ1n) is 11.3. The second kappa shape index (κ2) is 15.7. The van der Waals surface area contributed by atoms with E-state index in [2.05, 4.69) is 6.92 Å². The molecule has 0 bridgehead atoms. The molecule has 31 heavy (non-hydrogen) atoms. The number of benzene rings is 1. The Morgan fingerprint density at radius 1 is 0.742 bits per heavy atom. The summed E-state index contributed by atoms with van der Waals surface area (Å²) in [6, 6.07) is 4.46. The molecule has 0 heterocycles. The minimum absolute atomic E-state index is 0.0633. The molecule has 176 valence electrons. The summed E-state index contributed by atoms with van der Waals surface area (Å²) in [5.41, 5.74) is -0.273. The topological polar surface area (TPSA) is 52.6 Å². The van der Waals surface area contributed by atoms with Gasteiger partial charge in [-0.05, 0) is 30.5 Å². The van der Waals surface area contributed by atoms with Gasteiger partial charge in [0.1, 0.15) is 6.61 Å². The molecule has 1 rings (SSSR count). The molecule has 0 unspecified atom stereocenters. The van der Waals surface area contributed by atoms with E-state index in [0.717, 1.165) is 31.4 Å². The van der Waals surface area contributed by atoms with Crippen LogP contribution in [0, 0.1) is 0 Å². The normalized spacial score (nSPS) is 11.4. The Bertz CT molecular complexity index is 627. The monoisotopic (exact) mass is 444 g/mol. The van der Waals surface area contributed by atoms with E-state index in [-0.39, 0.29) is 25.4 Å². The third-order valence-corrected chi connectivity index (χ3v) is 4.95. The molecule has 0 radical (unpaired) electrons. The number of halogens is 3. The van der Waals surface area contributed by atoms with E-state index >= 15 is 0 Å². The quantitative estimate of drug-likeness (QED) is 0.204. The summed E-state index contributed by atoms with van der Waals surface area (Å²) < 4.78 is 47.7. The summed E-state index contributed by atoms with van der Waals surface area (Å²) in [6.07, 6.45) is 6.90. The Hall–Kier alpha value is -2.05. The standard InChI is InChI=1S/C24H35F3O4/c1-2-3-4-5-6-7-8-9-10-18-30-22(28)12-11-13-23(29)31-19-20-14-16-21(17-15-20)24(25,26)27/h14-17H,2-13,18-19H2,1H3. The SMILES string of the molecule is CCCCCCCCCCCOC(=O)CCCC(=O)OCc1ccc(C(F)(F)F)cc1. The lowest BCUT2D eigenvalue weighted by molar-refractivity contribution is -0.146. The van der Waals surface area contributed by atoms with Gasteiger partial charge in [-0.15, -0.1) is 0 Å². The van der Waals surface area contributed by atoms with Crippen molar-refractivity contribution in [3.8, 4) is 0 Å². The largest absolute Gasteiger partial charge is 0.466 e. The third-order valence-electron chi connectivity index (χ3n) is 4.95. The van der Waals surface area contributed by atoms with Gasteiger partial charge in [-0.3, -0.25) is 9.59 Å². The van der Waals surface area contributed by atoms with Crippen LogP contribution in [0.2, 0.25) is 0 Å². The summed E-state index contributed by atoms with van der Waals surface area (Å²) in [5, 5.41) is 0. The van der Waals surface area contributed by atoms with Crippen molar-refractivity contribution < 1.29 is 32.2 Å². The molecule has 0 aliphatic carbocycles. The van der Waals surface area contributed by atoms with E-state index in [4.69, 9.17) is 9.47 Å². The molecule has 4 nitrogen and oxygen atoms in total. The lowest BCUT2D eigenvalue weighted by Gasteiger charge is -2.08. The highest BCUT2D eigenvalue weighted by Gasteiger charge is 2.29. The molecule has 1 aromatic rings. The van der Waals surface area contributed by atoms with Gasteiger partial charge in [-0.25, -0.2) is 0 Å². The molecule has 0 spiro atoms. The van der Waals surface area contributed by atoms with Crippen molar-refractivity contribution in [2.75, 3.05) is 6.61 Å². The predicted molar refractivity (Wildman–Crippen MR) is 113 cm³/mol. The Balaban J connectivity index is 2.01. The van der Waals surface area contributed by atoms with E-state index in [1.807, 2.05) is 0 Å². The fraction of sp³-hybridized carbons (Fsp3) is 0.667. The Morgan fingerprint density at radius 2 is 1.26 bits per heavy atom. The van der Waals surface area contributed by atoms with Gasteiger partial charge in [0.2, 0.25) is 0 Å². The van der Waals surface area contributed by atoms with Gasteiger partial charge in [-0.1, -0.05) is 70.4 Å². The highest BCUT2D eigenvalue weighted by atomic mass is 19.4. The molecule has 0 N–H and O–H groups in total. The molecule has 0 fully saturated rings. The van der Waals surface area contributed by atoms with E-state index in [0.29, 0.717) is 18.6 Å². The van der Waals surface area contributed by atoms with Crippen LogP contribution in [0.1, 0.15) is 95.1 Å². The van der Waals surface area contributed by atoms with E-state index in [9.17, 15) is 22.8 Å². The van der Waals surface area contributed by atoms with Crippen LogP contribution in [0.5, 0.6) is 0 Å². The van der Waals surface area contributed by atoms with E-state index in [1.54, 1.807) is 0 Å². The number of rotatable bonds is 16. The molecule has 0 saturated carbocycles. The van der Waals surface area contributed by atoms with Crippen LogP contribution in [0.3, 0.4) is 0 Å². The lowest BCUT2D eigenvalue weighted by atomic mass is 10.1. The summed E-state index contributed by atoms with van der Waals surface area (Å²) in [5.74, 6) is -0.818. The average Bonchev–Trinajstić information content (AvgIpc) is 2.73. The van der Waals surface area contributed by atoms with Gasteiger partial charge in [0, 0.05) is 12.8 Å². The molecule has 0 aliphatic heterocycles. The number of hydrogen-bond donors (Lipinski definition) is 0. The number of unbranched alkanes of at least 4 members (excludes halogenated alkanes) is 8. The van der Waals surface area contributed by atoms with Crippen LogP contribution in [-0.2, 0) is 31.8 Å². The molecule has 0 saturated heterocycles. The maximum Gasteiger partial charge on any atom is 0.416 e. The Morgan fingerprint density at radius 3 is 1.81 bits per heavy atom. The maximum absolute atomic E-state index is 12.5. The molecule has 0 amide bonds. The van der Waals surface area contributed by atoms with E-state index in [1.165, 1.54) is 50.7 Å². The molecule has 0 atom stereocenters. The minimum Gasteiger partial charge on any atom is -0.466 e. The fourth-order valence-electron chi connectivity index (χ4n) is 3.07. The van der Waals surface area contributed by atoms with Crippen molar-refractivity contribution in [1.82, 2.24) is 0 Å². The van der Waals surface area contributed by atoms with Gasteiger partial charge >= 0.3 is 18.1 Å². The summed E-state index contributed by atoms with van der Waals surface area (Å²) in [4.78, 5) is 23.4. The van der Waals surface area contributed by atoms with Crippen LogP contribution in [0.25, 0.3) is 0 Å². The highest BCUT2D eigenvalue weighted by Crippen LogP contribution is 2.29. The first kappa shape index (κ1) is 27.0. The number of carbonyl (C=O) groups is 2. The van der Waals surface area contributed by atoms with Gasteiger partial charge in [0.15, 0.2) is 0 Å². The van der Waals surface area contributed by atoms with Crippen LogP contribution in [0.4, 0.5) is 13.2 Å². The number of carbonyl (C=O) groups excluding carboxylic acids is 2. The fourth-order valence-corrected chi connectivity index (χ4v) is 3.07. The average molecular weight is 445 g/mol. The van der Waals surface area contributed by atoms with Crippen LogP contribution >= 0.6 is 0 Å². The van der Waals surface area contributed by atoms with Crippen LogP contribution in [-0.4, -0.2) is 18.5 Å². The van der Waals surface area contributed by atoms with Crippen molar-refractivity contribution in [2.45, 2.75) is 96.8 Å². The zero-order valence-corrected chi connectivity index (χ0v) is 18.5. The Kier molecular flexibility index (Phi) is 13.7. The van der Waals surface area contributed by atoms with Gasteiger partial charge in [0.25, 0.3) is 0 Å². The molecular formula is C24H35F3O4. The first-order valence-corrected chi connectivity index (χ1v) is 11.3. The minimum atomic E-state index is -4.39. The predicted octanol–water partition coefficient (Wildman–Crippen LogP) is 6.99. The zero-order chi connectivity index (χ0) is 23.0. The van der Waals surface area contributed by atoms with Crippen LogP contribution < -0.4 is 0 Å². The molecule has 1 aromatic carbocycles.